The number of nitrogens with zero attached hydrogens (tertiary/aromatic N) is 2. The Morgan fingerprint density at radius 2 is 2.17 bits per heavy atom. The van der Waals surface area contributed by atoms with Crippen molar-refractivity contribution in [1.82, 2.24) is 9.97 Å². The van der Waals surface area contributed by atoms with Gasteiger partial charge in [0, 0.05) is 0 Å². The van der Waals surface area contributed by atoms with E-state index in [9.17, 15) is 0 Å². The van der Waals surface area contributed by atoms with E-state index in [0.29, 0.717) is 11.0 Å². The summed E-state index contributed by atoms with van der Waals surface area (Å²) in [5.74, 6) is 1.48. The molecule has 0 spiro atoms. The smallest absolute Gasteiger partial charge is 0.149 e. The van der Waals surface area contributed by atoms with Crippen molar-refractivity contribution in [3.05, 3.63) is 47.4 Å². The van der Waals surface area contributed by atoms with Crippen LogP contribution in [-0.2, 0) is 0 Å². The van der Waals surface area contributed by atoms with E-state index in [2.05, 4.69) is 15.3 Å². The zero-order chi connectivity index (χ0) is 13.0. The van der Waals surface area contributed by atoms with Crippen molar-refractivity contribution in [1.29, 1.82) is 0 Å². The van der Waals surface area contributed by atoms with Crippen molar-refractivity contribution >= 4 is 17.4 Å². The molecule has 0 aliphatic heterocycles. The topological polar surface area (TPSA) is 47.0 Å². The number of halogens is 1. The second kappa shape index (κ2) is 5.69. The lowest BCUT2D eigenvalue weighted by molar-refractivity contribution is 0.414. The molecule has 0 saturated heterocycles. The maximum atomic E-state index is 5.79. The van der Waals surface area contributed by atoms with Crippen LogP contribution in [0.15, 0.2) is 36.7 Å². The summed E-state index contributed by atoms with van der Waals surface area (Å²) in [5.41, 5.74) is 1.11. The van der Waals surface area contributed by atoms with Crippen molar-refractivity contribution in [3.63, 3.8) is 0 Å². The zero-order valence-corrected chi connectivity index (χ0v) is 11.0. The summed E-state index contributed by atoms with van der Waals surface area (Å²) in [6.45, 7) is 2.04. The van der Waals surface area contributed by atoms with Crippen LogP contribution in [0.25, 0.3) is 0 Å². The Morgan fingerprint density at radius 1 is 1.33 bits per heavy atom. The minimum atomic E-state index is 0.0906. The molecule has 0 fully saturated rings. The van der Waals surface area contributed by atoms with E-state index >= 15 is 0 Å². The van der Waals surface area contributed by atoms with Crippen LogP contribution >= 0.6 is 11.6 Å². The molecule has 1 aromatic heterocycles. The van der Waals surface area contributed by atoms with Crippen LogP contribution in [0, 0.1) is 0 Å². The first kappa shape index (κ1) is 12.6. The van der Waals surface area contributed by atoms with Crippen LogP contribution in [0.3, 0.4) is 0 Å². The molecule has 1 aromatic carbocycles. The Bertz CT molecular complexity index is 533. The summed E-state index contributed by atoms with van der Waals surface area (Å²) in [7, 11) is 1.65. The van der Waals surface area contributed by atoms with Gasteiger partial charge in [-0.1, -0.05) is 23.7 Å². The highest BCUT2D eigenvalue weighted by atomic mass is 35.5. The molecule has 1 atom stereocenters. The van der Waals surface area contributed by atoms with Gasteiger partial charge in [-0.25, -0.2) is 4.98 Å². The van der Waals surface area contributed by atoms with Crippen molar-refractivity contribution < 1.29 is 4.74 Å². The summed E-state index contributed by atoms with van der Waals surface area (Å²) in [6, 6.07) is 7.96. The Labute approximate surface area is 111 Å². The lowest BCUT2D eigenvalue weighted by atomic mass is 10.1. The summed E-state index contributed by atoms with van der Waals surface area (Å²) in [4.78, 5) is 8.12. The number of benzene rings is 1. The average molecular weight is 264 g/mol. The molecule has 0 bridgehead atoms. The SMILES string of the molecule is COc1cccc(C(C)Nc2cncc(Cl)n2)c1. The Balaban J connectivity index is 2.13. The molecular formula is C13H14ClN3O. The van der Waals surface area contributed by atoms with Crippen molar-refractivity contribution in [2.45, 2.75) is 13.0 Å². The molecule has 2 aromatic rings. The Morgan fingerprint density at radius 3 is 2.89 bits per heavy atom. The van der Waals surface area contributed by atoms with Crippen molar-refractivity contribution in [3.8, 4) is 5.75 Å². The van der Waals surface area contributed by atoms with Crippen LogP contribution in [-0.4, -0.2) is 17.1 Å². The molecule has 0 saturated carbocycles. The molecule has 0 aliphatic rings. The number of hydrogen-bond acceptors (Lipinski definition) is 4. The van der Waals surface area contributed by atoms with Crippen LogP contribution < -0.4 is 10.1 Å². The fourth-order valence-electron chi connectivity index (χ4n) is 1.63. The lowest BCUT2D eigenvalue weighted by Crippen LogP contribution is -2.08. The van der Waals surface area contributed by atoms with Crippen molar-refractivity contribution in [2.24, 2.45) is 0 Å². The average Bonchev–Trinajstić information content (AvgIpc) is 2.39. The predicted molar refractivity (Wildman–Crippen MR) is 72.1 cm³/mol. The molecule has 1 heterocycles. The van der Waals surface area contributed by atoms with E-state index in [0.717, 1.165) is 11.3 Å². The number of nitrogens with one attached hydrogen (secondary N) is 1. The van der Waals surface area contributed by atoms with E-state index in [1.54, 1.807) is 13.3 Å². The van der Waals surface area contributed by atoms with E-state index in [1.807, 2.05) is 31.2 Å². The number of rotatable bonds is 4. The minimum absolute atomic E-state index is 0.0906. The number of anilines is 1. The van der Waals surface area contributed by atoms with Gasteiger partial charge in [-0.15, -0.1) is 0 Å². The number of hydrogen-bond donors (Lipinski definition) is 1. The summed E-state index contributed by atoms with van der Waals surface area (Å²) >= 11 is 5.79. The Hall–Kier alpha value is -1.81. The highest BCUT2D eigenvalue weighted by Gasteiger charge is 2.07. The third-order valence-corrected chi connectivity index (χ3v) is 2.75. The van der Waals surface area contributed by atoms with Crippen LogP contribution in [0.5, 0.6) is 5.75 Å². The molecule has 4 nitrogen and oxygen atoms in total. The quantitative estimate of drug-likeness (QED) is 0.919. The minimum Gasteiger partial charge on any atom is -0.497 e. The molecule has 1 N–H and O–H groups in total. The monoisotopic (exact) mass is 263 g/mol. The largest absolute Gasteiger partial charge is 0.497 e. The third-order valence-electron chi connectivity index (χ3n) is 2.56. The van der Waals surface area contributed by atoms with Gasteiger partial charge in [-0.3, -0.25) is 4.98 Å². The van der Waals surface area contributed by atoms with E-state index in [-0.39, 0.29) is 6.04 Å². The standard InChI is InChI=1S/C13H14ClN3O/c1-9(10-4-3-5-11(6-10)18-2)16-13-8-15-7-12(14)17-13/h3-9H,1-2H3,(H,16,17). The van der Waals surface area contributed by atoms with Crippen LogP contribution in [0.1, 0.15) is 18.5 Å². The fourth-order valence-corrected chi connectivity index (χ4v) is 1.78. The first-order chi connectivity index (χ1) is 8.69. The first-order valence-electron chi connectivity index (χ1n) is 5.57. The molecule has 0 radical (unpaired) electrons. The van der Waals surface area contributed by atoms with E-state index in [4.69, 9.17) is 16.3 Å². The molecule has 94 valence electrons. The van der Waals surface area contributed by atoms with Crippen LogP contribution in [0.4, 0.5) is 5.82 Å². The molecule has 1 unspecified atom stereocenters. The first-order valence-corrected chi connectivity index (χ1v) is 5.95. The molecule has 18 heavy (non-hydrogen) atoms. The second-order valence-electron chi connectivity index (χ2n) is 3.87. The van der Waals surface area contributed by atoms with Gasteiger partial charge in [0.1, 0.15) is 16.7 Å². The van der Waals surface area contributed by atoms with Gasteiger partial charge in [-0.05, 0) is 24.6 Å². The molecule has 0 aliphatic carbocycles. The Kier molecular flexibility index (Phi) is 3.99. The predicted octanol–water partition coefficient (Wildman–Crippen LogP) is 3.31. The molecule has 2 rings (SSSR count). The normalized spacial score (nSPS) is 11.9. The fraction of sp³-hybridized carbons (Fsp3) is 0.231. The number of methoxy groups -OCH3 is 1. The zero-order valence-electron chi connectivity index (χ0n) is 10.2. The second-order valence-corrected chi connectivity index (χ2v) is 4.26. The maximum Gasteiger partial charge on any atom is 0.149 e. The summed E-state index contributed by atoms with van der Waals surface area (Å²) < 4.78 is 5.20. The number of ether oxygens (including phenoxy) is 1. The molecular weight excluding hydrogens is 250 g/mol. The third kappa shape index (κ3) is 3.11. The maximum absolute atomic E-state index is 5.79. The highest BCUT2D eigenvalue weighted by Crippen LogP contribution is 2.22. The summed E-state index contributed by atoms with van der Waals surface area (Å²) in [6.07, 6.45) is 3.14. The van der Waals surface area contributed by atoms with Gasteiger partial charge < -0.3 is 10.1 Å². The van der Waals surface area contributed by atoms with E-state index < -0.39 is 0 Å². The van der Waals surface area contributed by atoms with E-state index in [1.165, 1.54) is 6.20 Å². The van der Waals surface area contributed by atoms with Gasteiger partial charge in [-0.2, -0.15) is 0 Å². The molecule has 5 heteroatoms. The number of aromatic nitrogens is 2. The van der Waals surface area contributed by atoms with Crippen molar-refractivity contribution in [2.75, 3.05) is 12.4 Å². The van der Waals surface area contributed by atoms with Gasteiger partial charge in [0.05, 0.1) is 25.5 Å². The highest BCUT2D eigenvalue weighted by molar-refractivity contribution is 6.29. The van der Waals surface area contributed by atoms with Gasteiger partial charge in [0.2, 0.25) is 0 Å². The van der Waals surface area contributed by atoms with Crippen LogP contribution in [0.2, 0.25) is 5.15 Å². The van der Waals surface area contributed by atoms with Gasteiger partial charge >= 0.3 is 0 Å². The molecule has 0 amide bonds. The lowest BCUT2D eigenvalue weighted by Gasteiger charge is -2.15. The summed E-state index contributed by atoms with van der Waals surface area (Å²) in [5, 5.41) is 3.61. The van der Waals surface area contributed by atoms with Gasteiger partial charge in [0.25, 0.3) is 0 Å². The van der Waals surface area contributed by atoms with Gasteiger partial charge in [0.15, 0.2) is 0 Å².